The molecule has 1 aromatic carbocycles. The maximum absolute atomic E-state index is 5.36. The minimum absolute atomic E-state index is 0.665. The normalized spacial score (nSPS) is 17.2. The molecule has 5 heteroatoms. The topological polar surface area (TPSA) is 37.4 Å². The van der Waals surface area contributed by atoms with Crippen LogP contribution in [-0.2, 0) is 0 Å². The van der Waals surface area contributed by atoms with Crippen LogP contribution < -0.4 is 10.1 Å². The van der Waals surface area contributed by atoms with Gasteiger partial charge >= 0.3 is 0 Å². The molecule has 112 valence electrons. The monoisotopic (exact) mass is 303 g/mol. The first-order chi connectivity index (χ1) is 10.3. The van der Waals surface area contributed by atoms with E-state index in [-0.39, 0.29) is 0 Å². The fourth-order valence-electron chi connectivity index (χ4n) is 2.77. The van der Waals surface area contributed by atoms with Crippen molar-refractivity contribution in [3.8, 4) is 5.88 Å². The molecule has 2 heterocycles. The average Bonchev–Trinajstić information content (AvgIpc) is 2.55. The molecule has 1 saturated heterocycles. The number of pyridine rings is 1. The maximum atomic E-state index is 5.36. The van der Waals surface area contributed by atoms with Gasteiger partial charge in [-0.05, 0) is 50.0 Å². The quantitative estimate of drug-likeness (QED) is 0.879. The number of piperidine rings is 1. The van der Waals surface area contributed by atoms with E-state index >= 15 is 0 Å². The van der Waals surface area contributed by atoms with Crippen molar-refractivity contribution in [1.29, 1.82) is 0 Å². The highest BCUT2D eigenvalue weighted by molar-refractivity contribution is 7.97. The van der Waals surface area contributed by atoms with Crippen LogP contribution in [0.3, 0.4) is 0 Å². The summed E-state index contributed by atoms with van der Waals surface area (Å²) in [7, 11) is 3.72. The Balaban J connectivity index is 1.81. The minimum Gasteiger partial charge on any atom is -0.481 e. The van der Waals surface area contributed by atoms with Gasteiger partial charge < -0.3 is 10.1 Å². The molecule has 1 aliphatic heterocycles. The number of nitrogens with one attached hydrogen (secondary N) is 1. The van der Waals surface area contributed by atoms with Crippen LogP contribution in [0.5, 0.6) is 5.88 Å². The van der Waals surface area contributed by atoms with E-state index in [0.717, 1.165) is 18.5 Å². The van der Waals surface area contributed by atoms with Gasteiger partial charge in [-0.3, -0.25) is 0 Å². The van der Waals surface area contributed by atoms with E-state index in [1.54, 1.807) is 7.11 Å². The molecule has 0 unspecified atom stereocenters. The Morgan fingerprint density at radius 1 is 1.24 bits per heavy atom. The van der Waals surface area contributed by atoms with Crippen LogP contribution in [0, 0.1) is 0 Å². The van der Waals surface area contributed by atoms with Gasteiger partial charge in [0.25, 0.3) is 0 Å². The van der Waals surface area contributed by atoms with E-state index in [9.17, 15) is 0 Å². The van der Waals surface area contributed by atoms with Crippen molar-refractivity contribution in [2.24, 2.45) is 0 Å². The second-order valence-electron chi connectivity index (χ2n) is 5.25. The lowest BCUT2D eigenvalue weighted by atomic mass is 10.1. The van der Waals surface area contributed by atoms with Crippen LogP contribution in [0.25, 0.3) is 10.8 Å². The summed E-state index contributed by atoms with van der Waals surface area (Å²) >= 11 is 1.85. The average molecular weight is 303 g/mol. The molecule has 1 aliphatic rings. The summed E-state index contributed by atoms with van der Waals surface area (Å²) in [5, 5.41) is 5.66. The lowest BCUT2D eigenvalue weighted by molar-refractivity contribution is 0.319. The first-order valence-corrected chi connectivity index (χ1v) is 8.11. The van der Waals surface area contributed by atoms with Gasteiger partial charge in [0.1, 0.15) is 0 Å². The van der Waals surface area contributed by atoms with E-state index in [0.29, 0.717) is 11.9 Å². The number of hydrogen-bond acceptors (Lipinski definition) is 5. The lowest BCUT2D eigenvalue weighted by Crippen LogP contribution is -2.38. The summed E-state index contributed by atoms with van der Waals surface area (Å²) in [6.45, 7) is 2.24. The fourth-order valence-corrected chi connectivity index (χ4v) is 3.86. The number of nitrogens with zero attached hydrogens (tertiary/aromatic N) is 2. The van der Waals surface area contributed by atoms with Crippen LogP contribution >= 0.6 is 11.9 Å². The molecular weight excluding hydrogens is 282 g/mol. The second kappa shape index (κ2) is 6.64. The van der Waals surface area contributed by atoms with Crippen LogP contribution in [-0.4, -0.2) is 42.6 Å². The van der Waals surface area contributed by atoms with Gasteiger partial charge in [-0.2, -0.15) is 0 Å². The highest BCUT2D eigenvalue weighted by Gasteiger charge is 2.19. The first kappa shape index (κ1) is 14.6. The zero-order valence-corrected chi connectivity index (χ0v) is 13.3. The molecule has 2 aromatic rings. The fraction of sp³-hybridized carbons (Fsp3) is 0.438. The summed E-state index contributed by atoms with van der Waals surface area (Å²) < 4.78 is 7.81. The van der Waals surface area contributed by atoms with Crippen LogP contribution in [0.1, 0.15) is 12.8 Å². The molecule has 0 atom stereocenters. The molecule has 0 saturated carbocycles. The smallest absolute Gasteiger partial charge is 0.221 e. The molecule has 0 amide bonds. The van der Waals surface area contributed by atoms with Gasteiger partial charge in [0.2, 0.25) is 5.88 Å². The molecular formula is C16H21N3OS. The molecule has 1 aromatic heterocycles. The summed E-state index contributed by atoms with van der Waals surface area (Å²) in [5.74, 6) is 0.698. The summed E-state index contributed by atoms with van der Waals surface area (Å²) in [6, 6.07) is 9.06. The largest absolute Gasteiger partial charge is 0.481 e. The molecule has 1 fully saturated rings. The van der Waals surface area contributed by atoms with E-state index < -0.39 is 0 Å². The second-order valence-corrected chi connectivity index (χ2v) is 6.39. The van der Waals surface area contributed by atoms with Crippen molar-refractivity contribution in [3.05, 3.63) is 30.5 Å². The molecule has 0 radical (unpaired) electrons. The summed E-state index contributed by atoms with van der Waals surface area (Å²) in [6.07, 6.45) is 4.23. The van der Waals surface area contributed by atoms with E-state index in [1.807, 2.05) is 18.1 Å². The van der Waals surface area contributed by atoms with Crippen molar-refractivity contribution in [2.75, 3.05) is 27.2 Å². The third-order valence-corrected chi connectivity index (χ3v) is 5.19. The summed E-state index contributed by atoms with van der Waals surface area (Å²) in [4.78, 5) is 5.56. The number of methoxy groups -OCH3 is 1. The molecule has 1 N–H and O–H groups in total. The Hall–Kier alpha value is -1.30. The maximum Gasteiger partial charge on any atom is 0.221 e. The number of rotatable bonds is 4. The van der Waals surface area contributed by atoms with Crippen molar-refractivity contribution in [3.63, 3.8) is 0 Å². The van der Waals surface area contributed by atoms with Gasteiger partial charge in [0.05, 0.1) is 7.11 Å². The van der Waals surface area contributed by atoms with Gasteiger partial charge in [0.15, 0.2) is 0 Å². The zero-order chi connectivity index (χ0) is 14.7. The van der Waals surface area contributed by atoms with Crippen LogP contribution in [0.2, 0.25) is 0 Å². The first-order valence-electron chi connectivity index (χ1n) is 7.33. The molecule has 0 spiro atoms. The number of ether oxygens (including phenoxy) is 1. The van der Waals surface area contributed by atoms with E-state index in [2.05, 4.69) is 45.9 Å². The lowest BCUT2D eigenvalue weighted by Gasteiger charge is -2.30. The molecule has 0 bridgehead atoms. The predicted octanol–water partition coefficient (Wildman–Crippen LogP) is 2.93. The number of benzene rings is 1. The third-order valence-electron chi connectivity index (χ3n) is 4.01. The van der Waals surface area contributed by atoms with E-state index in [1.165, 1.54) is 23.1 Å². The van der Waals surface area contributed by atoms with Gasteiger partial charge in [-0.25, -0.2) is 9.29 Å². The Kier molecular flexibility index (Phi) is 4.63. The van der Waals surface area contributed by atoms with Gasteiger partial charge in [0, 0.05) is 41.0 Å². The standard InChI is InChI=1S/C16H21N3OS/c1-17-12-7-10-19(11-8-12)21-15-5-3-4-14-13(15)6-9-18-16(14)20-2/h3-6,9,12,17H,7-8,10-11H2,1-2H3. The van der Waals surface area contributed by atoms with Crippen molar-refractivity contribution >= 4 is 22.7 Å². The third kappa shape index (κ3) is 3.15. The predicted molar refractivity (Wildman–Crippen MR) is 87.8 cm³/mol. The van der Waals surface area contributed by atoms with Crippen molar-refractivity contribution in [2.45, 2.75) is 23.8 Å². The Morgan fingerprint density at radius 3 is 2.76 bits per heavy atom. The van der Waals surface area contributed by atoms with Gasteiger partial charge in [-0.1, -0.05) is 6.07 Å². The number of fused-ring (bicyclic) bond motifs is 1. The molecule has 0 aliphatic carbocycles. The minimum atomic E-state index is 0.665. The van der Waals surface area contributed by atoms with Crippen molar-refractivity contribution < 1.29 is 4.74 Å². The molecule has 4 nitrogen and oxygen atoms in total. The molecule has 21 heavy (non-hydrogen) atoms. The van der Waals surface area contributed by atoms with E-state index in [4.69, 9.17) is 4.74 Å². The number of hydrogen-bond donors (Lipinski definition) is 1. The Morgan fingerprint density at radius 2 is 2.05 bits per heavy atom. The SMILES string of the molecule is CNC1CCN(Sc2cccc3c(OC)nccc23)CC1. The number of aromatic nitrogens is 1. The van der Waals surface area contributed by atoms with Crippen molar-refractivity contribution in [1.82, 2.24) is 14.6 Å². The van der Waals surface area contributed by atoms with Crippen LogP contribution in [0.15, 0.2) is 35.4 Å². The highest BCUT2D eigenvalue weighted by Crippen LogP contribution is 2.34. The Labute approximate surface area is 130 Å². The zero-order valence-electron chi connectivity index (χ0n) is 12.5. The van der Waals surface area contributed by atoms with Gasteiger partial charge in [-0.15, -0.1) is 0 Å². The molecule has 3 rings (SSSR count). The Bertz CT molecular complexity index is 611. The highest BCUT2D eigenvalue weighted by atomic mass is 32.2. The van der Waals surface area contributed by atoms with Crippen LogP contribution in [0.4, 0.5) is 0 Å². The summed E-state index contributed by atoms with van der Waals surface area (Å²) in [5.41, 5.74) is 0.